The molecule has 2 aromatic carbocycles. The lowest BCUT2D eigenvalue weighted by atomic mass is 9.79. The molecule has 0 aliphatic heterocycles. The van der Waals surface area contributed by atoms with E-state index in [-0.39, 0.29) is 40.2 Å². The highest BCUT2D eigenvalue weighted by atomic mass is 32.2. The van der Waals surface area contributed by atoms with E-state index in [1.165, 1.54) is 42.6 Å². The number of anilines is 1. The Bertz CT molecular complexity index is 1370. The van der Waals surface area contributed by atoms with Crippen molar-refractivity contribution in [2.75, 3.05) is 11.1 Å². The first kappa shape index (κ1) is 27.9. The fraction of sp³-hybridized carbons (Fsp3) is 0.269. The molecule has 0 aliphatic rings. The van der Waals surface area contributed by atoms with E-state index < -0.39 is 21.6 Å². The summed E-state index contributed by atoms with van der Waals surface area (Å²) in [6.45, 7) is 4.81. The highest BCUT2D eigenvalue weighted by Crippen LogP contribution is 2.30. The zero-order chi connectivity index (χ0) is 27.4. The van der Waals surface area contributed by atoms with Gasteiger partial charge in [0.25, 0.3) is 0 Å². The minimum atomic E-state index is -4.81. The second kappa shape index (κ2) is 10.7. The summed E-state index contributed by atoms with van der Waals surface area (Å²) < 4.78 is 64.8. The first-order valence-electron chi connectivity index (χ1n) is 11.2. The maximum absolute atomic E-state index is 13.1. The molecule has 11 heteroatoms. The average Bonchev–Trinajstić information content (AvgIpc) is 2.83. The van der Waals surface area contributed by atoms with E-state index in [0.29, 0.717) is 16.8 Å². The van der Waals surface area contributed by atoms with Crippen LogP contribution in [0.25, 0.3) is 0 Å². The molecule has 1 amide bonds. The fourth-order valence-corrected chi connectivity index (χ4v) is 4.38. The van der Waals surface area contributed by atoms with Crippen LogP contribution in [0.4, 0.5) is 18.9 Å². The molecule has 0 radical (unpaired) electrons. The molecule has 1 heterocycles. The second-order valence-corrected chi connectivity index (χ2v) is 11.0. The lowest BCUT2D eigenvalue weighted by Gasteiger charge is -2.23. The number of nitrogens with one attached hydrogen (secondary N) is 1. The molecule has 37 heavy (non-hydrogen) atoms. The first-order chi connectivity index (χ1) is 17.2. The Morgan fingerprint density at radius 3 is 2.08 bits per heavy atom. The molecule has 0 bridgehead atoms. The molecule has 7 nitrogen and oxygen atoms in total. The van der Waals surface area contributed by atoms with Gasteiger partial charge in [-0.25, -0.2) is 8.42 Å². The third-order valence-corrected chi connectivity index (χ3v) is 7.43. The number of halogens is 3. The second-order valence-electron chi connectivity index (χ2n) is 8.73. The number of pyridine rings is 1. The normalized spacial score (nSPS) is 12.2. The predicted octanol–water partition coefficient (Wildman–Crippen LogP) is 5.12. The van der Waals surface area contributed by atoms with Gasteiger partial charge in [0, 0.05) is 0 Å². The topological polar surface area (TPSA) is 102 Å². The van der Waals surface area contributed by atoms with E-state index in [9.17, 15) is 31.2 Å². The SMILES string of the molecule is CCS(=O)(=O)c1ccc(CC(=O)Nc2ccc(C(=O)C(C)(C)c3ccc(OC(F)(F)F)cc3)nc2)cc1. The quantitative estimate of drug-likeness (QED) is 0.383. The van der Waals surface area contributed by atoms with E-state index in [0.717, 1.165) is 12.1 Å². The molecule has 0 unspecified atom stereocenters. The van der Waals surface area contributed by atoms with E-state index in [2.05, 4.69) is 15.0 Å². The molecule has 0 saturated carbocycles. The van der Waals surface area contributed by atoms with Crippen molar-refractivity contribution in [3.05, 3.63) is 83.7 Å². The standard InChI is InChI=1S/C26H25F3N2O5S/c1-4-37(34,35)21-12-5-17(6-13-21)15-23(32)31-19-9-14-22(30-16-19)24(33)25(2,3)18-7-10-20(11-8-18)36-26(27,28)29/h5-14,16H,4,15H2,1-3H3,(H,31,32). The minimum absolute atomic E-state index is 0.00815. The Hall–Kier alpha value is -3.73. The molecule has 0 aliphatic carbocycles. The molecule has 0 spiro atoms. The average molecular weight is 535 g/mol. The molecule has 196 valence electrons. The van der Waals surface area contributed by atoms with Gasteiger partial charge in [-0.2, -0.15) is 0 Å². The number of aromatic nitrogens is 1. The van der Waals surface area contributed by atoms with E-state index >= 15 is 0 Å². The van der Waals surface area contributed by atoms with Gasteiger partial charge < -0.3 is 10.1 Å². The summed E-state index contributed by atoms with van der Waals surface area (Å²) >= 11 is 0. The largest absolute Gasteiger partial charge is 0.573 e. The lowest BCUT2D eigenvalue weighted by molar-refractivity contribution is -0.274. The van der Waals surface area contributed by atoms with Crippen molar-refractivity contribution in [1.29, 1.82) is 0 Å². The maximum Gasteiger partial charge on any atom is 0.573 e. The smallest absolute Gasteiger partial charge is 0.406 e. The van der Waals surface area contributed by atoms with Gasteiger partial charge in [-0.15, -0.1) is 13.2 Å². The Morgan fingerprint density at radius 2 is 1.57 bits per heavy atom. The third-order valence-electron chi connectivity index (χ3n) is 5.68. The number of alkyl halides is 3. The van der Waals surface area contributed by atoms with Crippen LogP contribution in [-0.2, 0) is 26.5 Å². The van der Waals surface area contributed by atoms with Gasteiger partial charge in [0.2, 0.25) is 5.91 Å². The Labute approximate surface area is 212 Å². The summed E-state index contributed by atoms with van der Waals surface area (Å²) in [7, 11) is -3.32. The van der Waals surface area contributed by atoms with Crippen LogP contribution in [0.2, 0.25) is 0 Å². The number of hydrogen-bond donors (Lipinski definition) is 1. The van der Waals surface area contributed by atoms with Gasteiger partial charge in [-0.1, -0.05) is 31.2 Å². The van der Waals surface area contributed by atoms with Gasteiger partial charge in [-0.05, 0) is 61.4 Å². The number of amides is 1. The van der Waals surface area contributed by atoms with Crippen molar-refractivity contribution >= 4 is 27.2 Å². The lowest BCUT2D eigenvalue weighted by Crippen LogP contribution is -2.30. The summed E-state index contributed by atoms with van der Waals surface area (Å²) in [6.07, 6.45) is -3.47. The number of carbonyl (C=O) groups excluding carboxylic acids is 2. The van der Waals surface area contributed by atoms with Gasteiger partial charge >= 0.3 is 6.36 Å². The molecule has 1 aromatic heterocycles. The highest BCUT2D eigenvalue weighted by Gasteiger charge is 2.33. The number of nitrogens with zero attached hydrogens (tertiary/aromatic N) is 1. The number of ketones is 1. The zero-order valence-corrected chi connectivity index (χ0v) is 21.1. The Balaban J connectivity index is 1.64. The van der Waals surface area contributed by atoms with Crippen molar-refractivity contribution < 1.29 is 35.9 Å². The van der Waals surface area contributed by atoms with Crippen LogP contribution in [0.3, 0.4) is 0 Å². The van der Waals surface area contributed by atoms with Crippen molar-refractivity contribution in [3.8, 4) is 5.75 Å². The number of sulfone groups is 1. The molecule has 0 atom stereocenters. The van der Waals surface area contributed by atoms with Gasteiger partial charge in [0.05, 0.1) is 34.4 Å². The summed E-state index contributed by atoms with van der Waals surface area (Å²) in [5.74, 6) is -1.12. The number of Topliss-reactive ketones (excluding diaryl/α,β-unsaturated/α-hetero) is 1. The van der Waals surface area contributed by atoms with Crippen molar-refractivity contribution in [1.82, 2.24) is 4.98 Å². The number of ether oxygens (including phenoxy) is 1. The molecule has 0 saturated heterocycles. The maximum atomic E-state index is 13.1. The van der Waals surface area contributed by atoms with Crippen LogP contribution in [0.5, 0.6) is 5.75 Å². The molecule has 1 N–H and O–H groups in total. The van der Waals surface area contributed by atoms with Crippen LogP contribution in [0.1, 0.15) is 42.4 Å². The molecular formula is C26H25F3N2O5S. The molecular weight excluding hydrogens is 509 g/mol. The van der Waals surface area contributed by atoms with Gasteiger partial charge in [-0.3, -0.25) is 14.6 Å². The Morgan fingerprint density at radius 1 is 0.946 bits per heavy atom. The third kappa shape index (κ3) is 7.16. The van der Waals surface area contributed by atoms with E-state index in [1.54, 1.807) is 32.9 Å². The number of hydrogen-bond acceptors (Lipinski definition) is 6. The van der Waals surface area contributed by atoms with Crippen LogP contribution in [0.15, 0.2) is 71.8 Å². The van der Waals surface area contributed by atoms with Crippen molar-refractivity contribution in [2.45, 2.75) is 43.9 Å². The van der Waals surface area contributed by atoms with Crippen molar-refractivity contribution in [3.63, 3.8) is 0 Å². The van der Waals surface area contributed by atoms with E-state index in [1.807, 2.05) is 0 Å². The van der Waals surface area contributed by atoms with Crippen molar-refractivity contribution in [2.24, 2.45) is 0 Å². The molecule has 3 rings (SSSR count). The minimum Gasteiger partial charge on any atom is -0.406 e. The predicted molar refractivity (Wildman–Crippen MR) is 131 cm³/mol. The van der Waals surface area contributed by atoms with Gasteiger partial charge in [0.1, 0.15) is 11.4 Å². The van der Waals surface area contributed by atoms with Crippen LogP contribution in [-0.4, -0.2) is 37.2 Å². The van der Waals surface area contributed by atoms with E-state index in [4.69, 9.17) is 0 Å². The molecule has 3 aromatic rings. The first-order valence-corrected chi connectivity index (χ1v) is 12.8. The number of rotatable bonds is 9. The monoisotopic (exact) mass is 534 g/mol. The summed E-state index contributed by atoms with van der Waals surface area (Å²) in [6, 6.07) is 14.1. The summed E-state index contributed by atoms with van der Waals surface area (Å²) in [4.78, 5) is 29.8. The summed E-state index contributed by atoms with van der Waals surface area (Å²) in [5, 5.41) is 2.67. The highest BCUT2D eigenvalue weighted by molar-refractivity contribution is 7.91. The van der Waals surface area contributed by atoms with Gasteiger partial charge in [0.15, 0.2) is 15.6 Å². The van der Waals surface area contributed by atoms with Crippen LogP contribution < -0.4 is 10.1 Å². The van der Waals surface area contributed by atoms with Crippen LogP contribution in [0, 0.1) is 0 Å². The number of benzene rings is 2. The van der Waals surface area contributed by atoms with Crippen LogP contribution >= 0.6 is 0 Å². The Kier molecular flexibility index (Phi) is 8.06. The zero-order valence-electron chi connectivity index (χ0n) is 20.3. The number of carbonyl (C=O) groups is 2. The summed E-state index contributed by atoms with van der Waals surface area (Å²) in [5.41, 5.74) is 0.487. The fourth-order valence-electron chi connectivity index (χ4n) is 3.50. The molecule has 0 fully saturated rings.